The maximum atomic E-state index is 13.0. The first kappa shape index (κ1) is 23.9. The number of nitrogens with one attached hydrogen (secondary N) is 1. The number of carbonyl (C=O) groups excluding carboxylic acids is 3. The van der Waals surface area contributed by atoms with Crippen molar-refractivity contribution in [1.29, 1.82) is 0 Å². The van der Waals surface area contributed by atoms with Crippen LogP contribution in [0.25, 0.3) is 6.08 Å². The molecule has 1 atom stereocenters. The third kappa shape index (κ3) is 5.84. The van der Waals surface area contributed by atoms with E-state index in [0.29, 0.717) is 44.8 Å². The fraction of sp³-hybridized carbons (Fsp3) is 0.320. The van der Waals surface area contributed by atoms with Crippen molar-refractivity contribution in [3.63, 3.8) is 0 Å². The number of hydrogen-bond donors (Lipinski definition) is 1. The van der Waals surface area contributed by atoms with Crippen molar-refractivity contribution in [2.24, 2.45) is 0 Å². The molecule has 2 saturated heterocycles. The Balaban J connectivity index is 1.36. The average Bonchev–Trinajstić information content (AvgIpc) is 2.89. The lowest BCUT2D eigenvalue weighted by molar-refractivity contribution is -0.384. The minimum absolute atomic E-state index is 0.0376. The molecule has 2 aliphatic rings. The maximum absolute atomic E-state index is 13.0. The highest BCUT2D eigenvalue weighted by Gasteiger charge is 2.35. The van der Waals surface area contributed by atoms with Gasteiger partial charge in [-0.1, -0.05) is 18.2 Å². The molecule has 0 aliphatic carbocycles. The van der Waals surface area contributed by atoms with Gasteiger partial charge in [0, 0.05) is 63.2 Å². The van der Waals surface area contributed by atoms with Crippen LogP contribution in [0.2, 0.25) is 0 Å². The predicted octanol–water partition coefficient (Wildman–Crippen LogP) is 1.67. The molecule has 10 heteroatoms. The van der Waals surface area contributed by atoms with Gasteiger partial charge in [-0.2, -0.15) is 0 Å². The van der Waals surface area contributed by atoms with E-state index in [2.05, 4.69) is 10.2 Å². The van der Waals surface area contributed by atoms with Crippen molar-refractivity contribution >= 4 is 35.2 Å². The third-order valence-corrected chi connectivity index (χ3v) is 6.26. The SMILES string of the molecule is O=C1NCCN(C(=O)/C=C/c2ccc([N+](=O)[O-])cc2)[C@H]1CC(=O)N1CCN(c2ccccc2)CC1. The summed E-state index contributed by atoms with van der Waals surface area (Å²) in [5.41, 5.74) is 1.70. The molecule has 2 aromatic carbocycles. The number of para-hydroxylation sites is 1. The second-order valence-electron chi connectivity index (χ2n) is 8.43. The van der Waals surface area contributed by atoms with Crippen molar-refractivity contribution < 1.29 is 19.3 Å². The molecule has 0 radical (unpaired) electrons. The molecule has 0 unspecified atom stereocenters. The van der Waals surface area contributed by atoms with Crippen molar-refractivity contribution in [3.05, 3.63) is 76.4 Å². The topological polar surface area (TPSA) is 116 Å². The Labute approximate surface area is 202 Å². The summed E-state index contributed by atoms with van der Waals surface area (Å²) in [5, 5.41) is 13.5. The summed E-state index contributed by atoms with van der Waals surface area (Å²) in [4.78, 5) is 54.1. The van der Waals surface area contributed by atoms with Crippen LogP contribution in [0.1, 0.15) is 12.0 Å². The molecular formula is C25H27N5O5. The van der Waals surface area contributed by atoms with Crippen molar-refractivity contribution in [2.45, 2.75) is 12.5 Å². The molecule has 2 aromatic rings. The smallest absolute Gasteiger partial charge is 0.269 e. The molecule has 0 saturated carbocycles. The number of nitro groups is 1. The van der Waals surface area contributed by atoms with Gasteiger partial charge in [-0.05, 0) is 35.9 Å². The lowest BCUT2D eigenvalue weighted by atomic mass is 10.1. The number of non-ortho nitro benzene ring substituents is 1. The maximum Gasteiger partial charge on any atom is 0.269 e. The van der Waals surface area contributed by atoms with E-state index in [1.807, 2.05) is 30.3 Å². The number of anilines is 1. The summed E-state index contributed by atoms with van der Waals surface area (Å²) < 4.78 is 0. The average molecular weight is 478 g/mol. The molecule has 2 fully saturated rings. The Morgan fingerprint density at radius 2 is 1.69 bits per heavy atom. The highest BCUT2D eigenvalue weighted by atomic mass is 16.6. The van der Waals surface area contributed by atoms with E-state index >= 15 is 0 Å². The zero-order chi connectivity index (χ0) is 24.8. The van der Waals surface area contributed by atoms with E-state index in [0.717, 1.165) is 5.69 Å². The van der Waals surface area contributed by atoms with Crippen LogP contribution in [-0.4, -0.2) is 77.8 Å². The lowest BCUT2D eigenvalue weighted by Crippen LogP contribution is -2.59. The second kappa shape index (κ2) is 10.8. The molecule has 0 aromatic heterocycles. The van der Waals surface area contributed by atoms with Crippen LogP contribution in [0.15, 0.2) is 60.7 Å². The van der Waals surface area contributed by atoms with E-state index in [9.17, 15) is 24.5 Å². The van der Waals surface area contributed by atoms with E-state index < -0.39 is 11.0 Å². The zero-order valence-electron chi connectivity index (χ0n) is 19.2. The van der Waals surface area contributed by atoms with Gasteiger partial charge in [-0.15, -0.1) is 0 Å². The van der Waals surface area contributed by atoms with Gasteiger partial charge in [0.05, 0.1) is 11.3 Å². The molecule has 1 N–H and O–H groups in total. The number of amides is 3. The Hall–Kier alpha value is -4.21. The van der Waals surface area contributed by atoms with Gasteiger partial charge in [0.1, 0.15) is 6.04 Å². The van der Waals surface area contributed by atoms with Crippen LogP contribution in [0.3, 0.4) is 0 Å². The standard InChI is InChI=1S/C25H27N5O5/c31-23(11-8-19-6-9-21(10-7-19)30(34)35)29-13-12-26-25(33)22(29)18-24(32)28-16-14-27(15-17-28)20-4-2-1-3-5-20/h1-11,22H,12-18H2,(H,26,33)/b11-8+/t22-/m0/s1. The number of hydrogen-bond acceptors (Lipinski definition) is 6. The van der Waals surface area contributed by atoms with Gasteiger partial charge in [-0.3, -0.25) is 24.5 Å². The predicted molar refractivity (Wildman–Crippen MR) is 130 cm³/mol. The van der Waals surface area contributed by atoms with Gasteiger partial charge >= 0.3 is 0 Å². The van der Waals surface area contributed by atoms with Crippen LogP contribution >= 0.6 is 0 Å². The first-order valence-electron chi connectivity index (χ1n) is 11.5. The summed E-state index contributed by atoms with van der Waals surface area (Å²) in [6, 6.07) is 14.9. The quantitative estimate of drug-likeness (QED) is 0.384. The number of piperazine rings is 2. The summed E-state index contributed by atoms with van der Waals surface area (Å²) in [6.45, 7) is 3.12. The monoisotopic (exact) mass is 477 g/mol. The highest BCUT2D eigenvalue weighted by Crippen LogP contribution is 2.18. The summed E-state index contributed by atoms with van der Waals surface area (Å²) >= 11 is 0. The zero-order valence-corrected chi connectivity index (χ0v) is 19.2. The van der Waals surface area contributed by atoms with Gasteiger partial charge < -0.3 is 20.0 Å². The second-order valence-corrected chi connectivity index (χ2v) is 8.43. The Bertz CT molecular complexity index is 1110. The van der Waals surface area contributed by atoms with E-state index in [4.69, 9.17) is 0 Å². The van der Waals surface area contributed by atoms with Gasteiger partial charge in [0.15, 0.2) is 0 Å². The Kier molecular flexibility index (Phi) is 7.39. The molecule has 2 heterocycles. The molecule has 35 heavy (non-hydrogen) atoms. The minimum atomic E-state index is -0.877. The van der Waals surface area contributed by atoms with E-state index in [1.165, 1.54) is 23.1 Å². The number of nitrogens with zero attached hydrogens (tertiary/aromatic N) is 4. The van der Waals surface area contributed by atoms with Crippen LogP contribution in [-0.2, 0) is 14.4 Å². The first-order valence-corrected chi connectivity index (χ1v) is 11.5. The molecule has 10 nitrogen and oxygen atoms in total. The number of carbonyl (C=O) groups is 3. The summed E-state index contributed by atoms with van der Waals surface area (Å²) in [5.74, 6) is -0.883. The normalized spacial score (nSPS) is 18.5. The van der Waals surface area contributed by atoms with Crippen molar-refractivity contribution in [1.82, 2.24) is 15.1 Å². The molecular weight excluding hydrogens is 450 g/mol. The highest BCUT2D eigenvalue weighted by molar-refractivity contribution is 5.98. The molecule has 3 amide bonds. The minimum Gasteiger partial charge on any atom is -0.368 e. The Morgan fingerprint density at radius 3 is 2.34 bits per heavy atom. The largest absolute Gasteiger partial charge is 0.368 e. The van der Waals surface area contributed by atoms with Gasteiger partial charge in [-0.25, -0.2) is 0 Å². The number of rotatable bonds is 6. The molecule has 0 bridgehead atoms. The fourth-order valence-electron chi connectivity index (χ4n) is 4.30. The lowest BCUT2D eigenvalue weighted by Gasteiger charge is -2.38. The summed E-state index contributed by atoms with van der Waals surface area (Å²) in [7, 11) is 0. The van der Waals surface area contributed by atoms with E-state index in [-0.39, 0.29) is 29.8 Å². The van der Waals surface area contributed by atoms with Gasteiger partial charge in [0.2, 0.25) is 17.7 Å². The number of benzene rings is 2. The summed E-state index contributed by atoms with van der Waals surface area (Å²) in [6.07, 6.45) is 2.80. The van der Waals surface area contributed by atoms with Gasteiger partial charge in [0.25, 0.3) is 5.69 Å². The molecule has 2 aliphatic heterocycles. The Morgan fingerprint density at radius 1 is 1.00 bits per heavy atom. The fourth-order valence-corrected chi connectivity index (χ4v) is 4.30. The molecule has 182 valence electrons. The van der Waals surface area contributed by atoms with Crippen LogP contribution in [0.5, 0.6) is 0 Å². The van der Waals surface area contributed by atoms with Crippen molar-refractivity contribution in [2.75, 3.05) is 44.2 Å². The van der Waals surface area contributed by atoms with Crippen LogP contribution < -0.4 is 10.2 Å². The first-order chi connectivity index (χ1) is 16.9. The van der Waals surface area contributed by atoms with E-state index in [1.54, 1.807) is 23.1 Å². The molecule has 0 spiro atoms. The van der Waals surface area contributed by atoms with Crippen molar-refractivity contribution in [3.8, 4) is 0 Å². The van der Waals surface area contributed by atoms with Crippen LogP contribution in [0.4, 0.5) is 11.4 Å². The number of nitro benzene ring substituents is 1. The molecule has 4 rings (SSSR count). The third-order valence-electron chi connectivity index (χ3n) is 6.26. The van der Waals surface area contributed by atoms with Crippen LogP contribution in [0, 0.1) is 10.1 Å².